The number of nitrogens with zero attached hydrogens (tertiary/aromatic N) is 1. The third kappa shape index (κ3) is 6.13. The SMILES string of the molecule is C[C@@H](NS(=O)(=O)c1ccc(OCC(=O)NCc2ccncc2)cc1)c1ccccc1. The van der Waals surface area contributed by atoms with Gasteiger partial charge >= 0.3 is 0 Å². The molecule has 0 bridgehead atoms. The van der Waals surface area contributed by atoms with Crippen LogP contribution in [0.4, 0.5) is 0 Å². The van der Waals surface area contributed by atoms with Crippen LogP contribution in [0.5, 0.6) is 5.75 Å². The van der Waals surface area contributed by atoms with E-state index in [1.165, 1.54) is 24.3 Å². The van der Waals surface area contributed by atoms with Crippen molar-refractivity contribution in [1.82, 2.24) is 15.0 Å². The summed E-state index contributed by atoms with van der Waals surface area (Å²) in [5.41, 5.74) is 1.81. The molecule has 2 N–H and O–H groups in total. The Morgan fingerprint density at radius 1 is 1.00 bits per heavy atom. The summed E-state index contributed by atoms with van der Waals surface area (Å²) >= 11 is 0. The van der Waals surface area contributed by atoms with E-state index in [9.17, 15) is 13.2 Å². The van der Waals surface area contributed by atoms with Gasteiger partial charge in [0.1, 0.15) is 5.75 Å². The maximum atomic E-state index is 12.6. The lowest BCUT2D eigenvalue weighted by Crippen LogP contribution is -2.28. The first-order valence-electron chi connectivity index (χ1n) is 9.40. The fraction of sp³-hybridized carbons (Fsp3) is 0.182. The molecule has 0 aliphatic carbocycles. The molecule has 1 aromatic heterocycles. The molecule has 0 radical (unpaired) electrons. The van der Waals surface area contributed by atoms with Crippen molar-refractivity contribution in [2.24, 2.45) is 0 Å². The van der Waals surface area contributed by atoms with Crippen LogP contribution in [0.25, 0.3) is 0 Å². The molecule has 0 aliphatic heterocycles. The summed E-state index contributed by atoms with van der Waals surface area (Å²) < 4.78 is 33.3. The zero-order chi connectivity index (χ0) is 21.4. The lowest BCUT2D eigenvalue weighted by Gasteiger charge is -2.15. The Morgan fingerprint density at radius 2 is 1.67 bits per heavy atom. The number of amides is 1. The monoisotopic (exact) mass is 425 g/mol. The molecule has 3 rings (SSSR count). The first-order chi connectivity index (χ1) is 14.4. The second kappa shape index (κ2) is 10.00. The van der Waals surface area contributed by atoms with Crippen molar-refractivity contribution in [1.29, 1.82) is 0 Å². The zero-order valence-electron chi connectivity index (χ0n) is 16.5. The maximum Gasteiger partial charge on any atom is 0.258 e. The van der Waals surface area contributed by atoms with Gasteiger partial charge in [-0.2, -0.15) is 0 Å². The number of benzene rings is 2. The summed E-state index contributed by atoms with van der Waals surface area (Å²) in [7, 11) is -3.68. The minimum atomic E-state index is -3.68. The van der Waals surface area contributed by atoms with Crippen LogP contribution in [-0.4, -0.2) is 25.9 Å². The van der Waals surface area contributed by atoms with Crippen molar-refractivity contribution >= 4 is 15.9 Å². The molecule has 0 aliphatic rings. The van der Waals surface area contributed by atoms with Crippen molar-refractivity contribution in [2.75, 3.05) is 6.61 Å². The van der Waals surface area contributed by atoms with Gasteiger partial charge in [-0.1, -0.05) is 30.3 Å². The van der Waals surface area contributed by atoms with Crippen molar-refractivity contribution in [3.8, 4) is 5.75 Å². The summed E-state index contributed by atoms with van der Waals surface area (Å²) in [5, 5.41) is 2.74. The summed E-state index contributed by atoms with van der Waals surface area (Å²) in [6.07, 6.45) is 3.31. The average Bonchev–Trinajstić information content (AvgIpc) is 2.77. The predicted octanol–water partition coefficient (Wildman–Crippen LogP) is 2.82. The predicted molar refractivity (Wildman–Crippen MR) is 113 cm³/mol. The number of nitrogens with one attached hydrogen (secondary N) is 2. The molecule has 3 aromatic rings. The Morgan fingerprint density at radius 3 is 2.33 bits per heavy atom. The Bertz CT molecular complexity index is 1060. The quantitative estimate of drug-likeness (QED) is 0.549. The van der Waals surface area contributed by atoms with Gasteiger partial charge < -0.3 is 10.1 Å². The first-order valence-corrected chi connectivity index (χ1v) is 10.9. The number of pyridine rings is 1. The van der Waals surface area contributed by atoms with E-state index in [1.54, 1.807) is 19.3 Å². The molecule has 30 heavy (non-hydrogen) atoms. The van der Waals surface area contributed by atoms with Gasteiger partial charge in [0.2, 0.25) is 10.0 Å². The highest BCUT2D eigenvalue weighted by atomic mass is 32.2. The van der Waals surface area contributed by atoms with Gasteiger partial charge in [0.15, 0.2) is 6.61 Å². The lowest BCUT2D eigenvalue weighted by atomic mass is 10.1. The number of carbonyl (C=O) groups is 1. The number of sulfonamides is 1. The summed E-state index contributed by atoms with van der Waals surface area (Å²) in [4.78, 5) is 16.0. The van der Waals surface area contributed by atoms with Gasteiger partial charge in [0.25, 0.3) is 5.91 Å². The van der Waals surface area contributed by atoms with Gasteiger partial charge in [0, 0.05) is 25.0 Å². The van der Waals surface area contributed by atoms with Crippen LogP contribution in [-0.2, 0) is 21.4 Å². The number of carbonyl (C=O) groups excluding carboxylic acids is 1. The fourth-order valence-corrected chi connectivity index (χ4v) is 3.96. The van der Waals surface area contributed by atoms with Crippen molar-refractivity contribution in [2.45, 2.75) is 24.4 Å². The summed E-state index contributed by atoms with van der Waals surface area (Å²) in [6.45, 7) is 2.00. The van der Waals surface area contributed by atoms with Crippen molar-refractivity contribution in [3.05, 3.63) is 90.3 Å². The molecule has 0 saturated carbocycles. The summed E-state index contributed by atoms with van der Waals surface area (Å²) in [5.74, 6) is 0.131. The minimum Gasteiger partial charge on any atom is -0.484 e. The van der Waals surface area contributed by atoms with Crippen molar-refractivity contribution < 1.29 is 17.9 Å². The molecule has 0 saturated heterocycles. The number of aromatic nitrogens is 1. The maximum absolute atomic E-state index is 12.6. The van der Waals surface area contributed by atoms with Crippen LogP contribution in [0.15, 0.2) is 84.0 Å². The molecule has 1 amide bonds. The third-order valence-corrected chi connectivity index (χ3v) is 5.93. The number of hydrogen-bond acceptors (Lipinski definition) is 5. The van der Waals surface area contributed by atoms with E-state index < -0.39 is 10.0 Å². The molecule has 2 aromatic carbocycles. The van der Waals surface area contributed by atoms with E-state index in [1.807, 2.05) is 42.5 Å². The Balaban J connectivity index is 1.52. The highest BCUT2D eigenvalue weighted by molar-refractivity contribution is 7.89. The van der Waals surface area contributed by atoms with Crippen LogP contribution in [0.3, 0.4) is 0 Å². The number of rotatable bonds is 9. The first kappa shape index (κ1) is 21.5. The Hall–Kier alpha value is -3.23. The van der Waals surface area contributed by atoms with E-state index in [4.69, 9.17) is 4.74 Å². The van der Waals surface area contributed by atoms with Crippen LogP contribution in [0.2, 0.25) is 0 Å². The van der Waals surface area contributed by atoms with Crippen LogP contribution in [0.1, 0.15) is 24.1 Å². The van der Waals surface area contributed by atoms with E-state index >= 15 is 0 Å². The normalized spacial score (nSPS) is 12.2. The summed E-state index contributed by atoms with van der Waals surface area (Å²) in [6, 6.07) is 18.5. The third-order valence-electron chi connectivity index (χ3n) is 4.37. The molecule has 8 heteroatoms. The molecule has 0 fully saturated rings. The molecule has 0 spiro atoms. The van der Waals surface area contributed by atoms with E-state index in [0.29, 0.717) is 12.3 Å². The molecule has 7 nitrogen and oxygen atoms in total. The Kier molecular flexibility index (Phi) is 7.16. The molecule has 0 unspecified atom stereocenters. The van der Waals surface area contributed by atoms with Gasteiger partial charge in [-0.3, -0.25) is 9.78 Å². The molecule has 1 heterocycles. The molecular formula is C22H23N3O4S. The molecule has 1 atom stereocenters. The highest BCUT2D eigenvalue weighted by Gasteiger charge is 2.18. The van der Waals surface area contributed by atoms with E-state index in [0.717, 1.165) is 11.1 Å². The van der Waals surface area contributed by atoms with Gasteiger partial charge in [0.05, 0.1) is 4.90 Å². The van der Waals surface area contributed by atoms with Gasteiger partial charge in [-0.05, 0) is 54.4 Å². The fourth-order valence-electron chi connectivity index (χ4n) is 2.73. The van der Waals surface area contributed by atoms with Crippen LogP contribution < -0.4 is 14.8 Å². The topological polar surface area (TPSA) is 97.4 Å². The smallest absolute Gasteiger partial charge is 0.258 e. The highest BCUT2D eigenvalue weighted by Crippen LogP contribution is 2.19. The second-order valence-corrected chi connectivity index (χ2v) is 8.36. The van der Waals surface area contributed by atoms with E-state index in [2.05, 4.69) is 15.0 Å². The largest absolute Gasteiger partial charge is 0.484 e. The van der Waals surface area contributed by atoms with Crippen LogP contribution in [0, 0.1) is 0 Å². The lowest BCUT2D eigenvalue weighted by molar-refractivity contribution is -0.123. The number of ether oxygens (including phenoxy) is 1. The van der Waals surface area contributed by atoms with Gasteiger partial charge in [-0.25, -0.2) is 13.1 Å². The number of hydrogen-bond donors (Lipinski definition) is 2. The van der Waals surface area contributed by atoms with Crippen LogP contribution >= 0.6 is 0 Å². The zero-order valence-corrected chi connectivity index (χ0v) is 17.3. The Labute approximate surface area is 176 Å². The molecule has 156 valence electrons. The second-order valence-electron chi connectivity index (χ2n) is 6.65. The minimum absolute atomic E-state index is 0.125. The standard InChI is InChI=1S/C22H23N3O4S/c1-17(19-5-3-2-4-6-19)25-30(27,28)21-9-7-20(8-10-21)29-16-22(26)24-15-18-11-13-23-14-12-18/h2-14,17,25H,15-16H2,1H3,(H,24,26)/t17-/m1/s1. The molecular weight excluding hydrogens is 402 g/mol. The van der Waals surface area contributed by atoms with Gasteiger partial charge in [-0.15, -0.1) is 0 Å². The van der Waals surface area contributed by atoms with E-state index in [-0.39, 0.29) is 23.5 Å². The average molecular weight is 426 g/mol. The van der Waals surface area contributed by atoms with Crippen molar-refractivity contribution in [3.63, 3.8) is 0 Å².